The van der Waals surface area contributed by atoms with Crippen molar-refractivity contribution in [3.8, 4) is 23.5 Å². The Balaban J connectivity index is 0.000000502. The van der Waals surface area contributed by atoms with Crippen LogP contribution in [0.4, 0.5) is 0 Å². The molecule has 0 unspecified atom stereocenters. The normalized spacial score (nSPS) is 11.4. The van der Waals surface area contributed by atoms with E-state index in [0.29, 0.717) is 11.8 Å². The number of pyridine rings is 2. The molecule has 2 radical (unpaired) electrons. The number of nitrogens with zero attached hydrogens (tertiary/aromatic N) is 2. The number of aromatic nitrogens is 2. The Morgan fingerprint density at radius 3 is 1.08 bits per heavy atom. The number of methoxy groups -OCH3 is 4. The third-order valence-electron chi connectivity index (χ3n) is 4.03. The van der Waals surface area contributed by atoms with Gasteiger partial charge in [-0.2, -0.15) is 9.97 Å². The van der Waals surface area contributed by atoms with Gasteiger partial charge in [0.05, 0.1) is 51.5 Å². The molecule has 2 aromatic heterocycles. The van der Waals surface area contributed by atoms with Crippen molar-refractivity contribution in [3.05, 3.63) is 96.8 Å². The van der Waals surface area contributed by atoms with Gasteiger partial charge in [0.25, 0.3) is 0 Å². The molecule has 0 aromatic carbocycles. The number of rotatable bonds is 6. The van der Waals surface area contributed by atoms with Gasteiger partial charge in [0.15, 0.2) is 0 Å². The summed E-state index contributed by atoms with van der Waals surface area (Å²) in [6.07, 6.45) is 20.0. The predicted octanol–water partition coefficient (Wildman–Crippen LogP) is 1.56. The Morgan fingerprint density at radius 1 is 0.568 bits per heavy atom. The van der Waals surface area contributed by atoms with Crippen LogP contribution in [0.15, 0.2) is 72.9 Å². The maximum absolute atomic E-state index is 10.5. The average molecular weight is 542 g/mol. The van der Waals surface area contributed by atoms with E-state index in [-0.39, 0.29) is 44.6 Å². The summed E-state index contributed by atoms with van der Waals surface area (Å²) in [6, 6.07) is 5.49. The van der Waals surface area contributed by atoms with Crippen LogP contribution in [0.1, 0.15) is 20.7 Å². The standard InChI is InChI=1S/2C8H9NO4.2C5H5.Ti/c2*1-12-6-4-3-5(8(10)11)7(9-6)13-2;2*1-2-4-5-3-1;/h2*3-4H,1-2H3,(H,10,11);2*1-5H;/q;;;;+2/p-2. The van der Waals surface area contributed by atoms with E-state index in [9.17, 15) is 19.8 Å². The Labute approximate surface area is 230 Å². The largest absolute Gasteiger partial charge is 2.00 e. The molecule has 0 saturated heterocycles. The molecule has 0 fully saturated rings. The van der Waals surface area contributed by atoms with E-state index < -0.39 is 11.9 Å². The Morgan fingerprint density at radius 2 is 0.892 bits per heavy atom. The van der Waals surface area contributed by atoms with Gasteiger partial charge in [-0.05, 0) is 12.1 Å². The van der Waals surface area contributed by atoms with Gasteiger partial charge in [0.1, 0.15) is 0 Å². The molecule has 4 rings (SSSR count). The Bertz CT molecular complexity index is 1010. The maximum atomic E-state index is 10.5. The maximum Gasteiger partial charge on any atom is 2.00 e. The molecule has 0 atom stereocenters. The molecule has 192 valence electrons. The molecule has 37 heavy (non-hydrogen) atoms. The van der Waals surface area contributed by atoms with Crippen molar-refractivity contribution in [1.29, 1.82) is 0 Å². The van der Waals surface area contributed by atoms with Gasteiger partial charge in [-0.1, -0.05) is 48.6 Å². The number of carboxylic acids is 2. The van der Waals surface area contributed by atoms with Gasteiger partial charge in [-0.15, -0.1) is 0 Å². The van der Waals surface area contributed by atoms with Crippen LogP contribution in [0.3, 0.4) is 0 Å². The number of aromatic carboxylic acids is 2. The third kappa shape index (κ3) is 12.6. The fourth-order valence-electron chi connectivity index (χ4n) is 2.34. The summed E-state index contributed by atoms with van der Waals surface area (Å²) in [7, 11) is 5.52. The molecule has 2 aromatic rings. The quantitative estimate of drug-likeness (QED) is 0.494. The molecule has 0 bridgehead atoms. The molecule has 2 aliphatic rings. The number of allylic oxidation sites excluding steroid dienone is 8. The summed E-state index contributed by atoms with van der Waals surface area (Å²) >= 11 is 0. The molecule has 2 heterocycles. The summed E-state index contributed by atoms with van der Waals surface area (Å²) in [5.74, 6) is -2.10. The van der Waals surface area contributed by atoms with Crippen LogP contribution in [-0.4, -0.2) is 50.3 Å². The second kappa shape index (κ2) is 19.3. The van der Waals surface area contributed by atoms with E-state index in [1.165, 1.54) is 52.7 Å². The van der Waals surface area contributed by atoms with Crippen molar-refractivity contribution in [3.63, 3.8) is 0 Å². The Kier molecular flexibility index (Phi) is 17.3. The number of carbonyl (C=O) groups excluding carboxylic acids is 2. The van der Waals surface area contributed by atoms with E-state index >= 15 is 0 Å². The molecule has 0 N–H and O–H groups in total. The zero-order chi connectivity index (χ0) is 26.8. The van der Waals surface area contributed by atoms with Crippen LogP contribution >= 0.6 is 0 Å². The van der Waals surface area contributed by atoms with Crippen LogP contribution in [0.5, 0.6) is 23.5 Å². The second-order valence-electron chi connectivity index (χ2n) is 6.32. The van der Waals surface area contributed by atoms with Crippen molar-refractivity contribution in [2.75, 3.05) is 28.4 Å². The minimum absolute atomic E-state index is 0. The molecule has 0 saturated carbocycles. The van der Waals surface area contributed by atoms with Crippen LogP contribution in [0.25, 0.3) is 0 Å². The molecule has 0 aliphatic heterocycles. The summed E-state index contributed by atoms with van der Waals surface area (Å²) in [5, 5.41) is 21.0. The zero-order valence-corrected chi connectivity index (χ0v) is 22.3. The molecule has 0 amide bonds. The summed E-state index contributed by atoms with van der Waals surface area (Å²) in [5.41, 5.74) is -0.188. The topological polar surface area (TPSA) is 143 Å². The number of ether oxygens (including phenoxy) is 4. The van der Waals surface area contributed by atoms with Crippen molar-refractivity contribution in [2.45, 2.75) is 0 Å². The average Bonchev–Trinajstić information content (AvgIpc) is 3.67. The van der Waals surface area contributed by atoms with Crippen molar-refractivity contribution < 1.29 is 60.5 Å². The van der Waals surface area contributed by atoms with E-state index in [2.05, 4.69) is 9.97 Å². The minimum atomic E-state index is -1.33. The van der Waals surface area contributed by atoms with E-state index in [0.717, 1.165) is 0 Å². The van der Waals surface area contributed by atoms with Gasteiger partial charge >= 0.3 is 21.7 Å². The minimum Gasteiger partial charge on any atom is -0.545 e. The van der Waals surface area contributed by atoms with Crippen molar-refractivity contribution >= 4 is 11.9 Å². The van der Waals surface area contributed by atoms with Gasteiger partial charge in [-0.3, -0.25) is 0 Å². The van der Waals surface area contributed by atoms with Gasteiger partial charge in [-0.25, -0.2) is 0 Å². The summed E-state index contributed by atoms with van der Waals surface area (Å²) < 4.78 is 19.0. The first-order valence-electron chi connectivity index (χ1n) is 10.3. The van der Waals surface area contributed by atoms with Gasteiger partial charge < -0.3 is 38.7 Å². The summed E-state index contributed by atoms with van der Waals surface area (Å²) in [4.78, 5) is 28.5. The third-order valence-corrected chi connectivity index (χ3v) is 4.03. The fourth-order valence-corrected chi connectivity index (χ4v) is 2.34. The van der Waals surface area contributed by atoms with Crippen molar-refractivity contribution in [1.82, 2.24) is 9.97 Å². The second-order valence-corrected chi connectivity index (χ2v) is 6.32. The number of carboxylic acid groups (broad SMARTS) is 2. The number of carbonyl (C=O) groups is 2. The van der Waals surface area contributed by atoms with Crippen LogP contribution in [0, 0.1) is 12.8 Å². The fraction of sp³-hybridized carbons (Fsp3) is 0.154. The number of hydrogen-bond donors (Lipinski definition) is 0. The molecular formula is C26H26N2O8Ti. The molecule has 11 heteroatoms. The monoisotopic (exact) mass is 542 g/mol. The molecule has 0 spiro atoms. The first kappa shape index (κ1) is 33.1. The smallest absolute Gasteiger partial charge is 0.545 e. The van der Waals surface area contributed by atoms with Crippen LogP contribution in [0.2, 0.25) is 0 Å². The van der Waals surface area contributed by atoms with Crippen LogP contribution < -0.4 is 29.2 Å². The molecule has 2 aliphatic carbocycles. The van der Waals surface area contributed by atoms with Gasteiger partial charge in [0, 0.05) is 25.0 Å². The number of hydrogen-bond acceptors (Lipinski definition) is 10. The van der Waals surface area contributed by atoms with Crippen molar-refractivity contribution in [2.24, 2.45) is 0 Å². The Hall–Kier alpha value is -3.89. The van der Waals surface area contributed by atoms with Gasteiger partial charge in [0.2, 0.25) is 23.5 Å². The zero-order valence-electron chi connectivity index (χ0n) is 20.7. The van der Waals surface area contributed by atoms with E-state index in [4.69, 9.17) is 18.9 Å². The first-order chi connectivity index (χ1) is 17.4. The molecule has 10 nitrogen and oxygen atoms in total. The molecular weight excluding hydrogens is 516 g/mol. The summed E-state index contributed by atoms with van der Waals surface area (Å²) in [6.45, 7) is 0. The SMILES string of the molecule is COc1ccc(C(=O)[O-])c(OC)n1.COc1ccc(C(=O)[O-])c(OC)n1.[CH]1C=CC=C1.[CH]1C=CC=C1.[Ti+2]. The predicted molar refractivity (Wildman–Crippen MR) is 129 cm³/mol. The van der Waals surface area contributed by atoms with Crippen LogP contribution in [-0.2, 0) is 21.7 Å². The van der Waals surface area contributed by atoms with E-state index in [1.54, 1.807) is 0 Å². The first-order valence-corrected chi connectivity index (χ1v) is 10.3. The van der Waals surface area contributed by atoms with E-state index in [1.807, 2.05) is 61.4 Å².